The van der Waals surface area contributed by atoms with Crippen LogP contribution in [0.2, 0.25) is 5.04 Å². The Hall–Kier alpha value is 1.27. The molecular weight excluding hydrogens is 220 g/mol. The van der Waals surface area contributed by atoms with Gasteiger partial charge in [-0.1, -0.05) is 59.3 Å². The van der Waals surface area contributed by atoms with Crippen molar-refractivity contribution in [3.63, 3.8) is 0 Å². The molecule has 0 saturated carbocycles. The Balaban J connectivity index is -0.000000167. The van der Waals surface area contributed by atoms with Crippen LogP contribution < -0.4 is 0 Å². The zero-order chi connectivity index (χ0) is 8.74. The molecule has 0 unspecified atom stereocenters. The van der Waals surface area contributed by atoms with Crippen molar-refractivity contribution in [2.75, 3.05) is 0 Å². The number of hydrogen-bond donors (Lipinski definition) is 0. The summed E-state index contributed by atoms with van der Waals surface area (Å²) in [6.07, 6.45) is 8.49. The van der Waals surface area contributed by atoms with Gasteiger partial charge in [0, 0.05) is 0 Å². The molecule has 0 saturated heterocycles. The van der Waals surface area contributed by atoms with Gasteiger partial charge in [0.1, 0.15) is 0 Å². The average molecular weight is 247 g/mol. The van der Waals surface area contributed by atoms with Crippen LogP contribution >= 0.6 is 12.4 Å². The first-order valence-corrected chi connectivity index (χ1v) is 5.62. The van der Waals surface area contributed by atoms with Crippen molar-refractivity contribution in [2.45, 2.75) is 64.3 Å². The summed E-state index contributed by atoms with van der Waals surface area (Å²) < 4.78 is 0. The molecule has 0 aromatic rings. The summed E-state index contributed by atoms with van der Waals surface area (Å²) in [5.41, 5.74) is 0. The van der Waals surface area contributed by atoms with E-state index in [9.17, 15) is 0 Å². The molecule has 0 amide bonds. The molecule has 0 spiro atoms. The molecular formula is C11H27ClMgSi. The van der Waals surface area contributed by atoms with Crippen molar-refractivity contribution < 1.29 is 0 Å². The van der Waals surface area contributed by atoms with E-state index in [0.29, 0.717) is 5.04 Å². The van der Waals surface area contributed by atoms with Gasteiger partial charge in [0.2, 0.25) is 0 Å². The first kappa shape index (κ1) is 24.5. The Morgan fingerprint density at radius 3 is 1.79 bits per heavy atom. The van der Waals surface area contributed by atoms with Crippen molar-refractivity contribution in [2.24, 2.45) is 0 Å². The van der Waals surface area contributed by atoms with E-state index in [4.69, 9.17) is 0 Å². The number of hydrogen-bond acceptors (Lipinski definition) is 0. The third-order valence-corrected chi connectivity index (χ3v) is 2.31. The second kappa shape index (κ2) is 14.3. The summed E-state index contributed by atoms with van der Waals surface area (Å²) in [6, 6.07) is 0. The molecule has 0 atom stereocenters. The minimum Gasteiger partial charge on any atom is -0.358 e. The van der Waals surface area contributed by atoms with Gasteiger partial charge in [-0.3, -0.25) is 10.2 Å². The van der Waals surface area contributed by atoms with Crippen LogP contribution in [-0.4, -0.2) is 33.3 Å². The molecule has 0 aromatic heterocycles. The number of rotatable bonds is 6. The van der Waals surface area contributed by atoms with Gasteiger partial charge in [-0.2, -0.15) is 5.04 Å². The van der Waals surface area contributed by atoms with Gasteiger partial charge in [-0.15, -0.1) is 12.4 Å². The van der Waals surface area contributed by atoms with Gasteiger partial charge < -0.3 is 7.43 Å². The van der Waals surface area contributed by atoms with Gasteiger partial charge in [0.15, 0.2) is 0 Å². The van der Waals surface area contributed by atoms with Crippen molar-refractivity contribution in [3.05, 3.63) is 7.43 Å². The van der Waals surface area contributed by atoms with E-state index in [-0.39, 0.29) is 42.9 Å². The van der Waals surface area contributed by atoms with E-state index in [1.807, 2.05) is 0 Å². The van der Waals surface area contributed by atoms with Crippen LogP contribution in [-0.2, 0) is 0 Å². The predicted molar refractivity (Wildman–Crippen MR) is 75.4 cm³/mol. The molecule has 0 aliphatic heterocycles. The molecule has 14 heavy (non-hydrogen) atoms. The molecule has 0 rings (SSSR count). The van der Waals surface area contributed by atoms with E-state index >= 15 is 0 Å². The van der Waals surface area contributed by atoms with Crippen LogP contribution in [0, 0.1) is 7.43 Å². The third kappa shape index (κ3) is 23.3. The SMILES string of the molecule is CCCCCCCC(C)(C)[SiH2-].Cl.[CH3-].[Mg+2]. The molecule has 3 heteroatoms. The van der Waals surface area contributed by atoms with Crippen molar-refractivity contribution >= 4 is 45.7 Å². The van der Waals surface area contributed by atoms with E-state index in [1.165, 1.54) is 38.5 Å². The van der Waals surface area contributed by atoms with E-state index < -0.39 is 0 Å². The quantitative estimate of drug-likeness (QED) is 0.381. The van der Waals surface area contributed by atoms with E-state index in [0.717, 1.165) is 0 Å². The molecule has 0 N–H and O–H groups in total. The van der Waals surface area contributed by atoms with Crippen LogP contribution in [0.1, 0.15) is 59.3 Å². The topological polar surface area (TPSA) is 0 Å². The molecule has 0 aliphatic carbocycles. The van der Waals surface area contributed by atoms with Crippen LogP contribution in [0.3, 0.4) is 0 Å². The fraction of sp³-hybridized carbons (Fsp3) is 0.909. The Bertz CT molecular complexity index is 91.8. The summed E-state index contributed by atoms with van der Waals surface area (Å²) >= 11 is 0. The second-order valence-corrected chi connectivity index (χ2v) is 6.24. The summed E-state index contributed by atoms with van der Waals surface area (Å²) in [5, 5.41) is 0.576. The fourth-order valence-corrected chi connectivity index (χ4v) is 1.46. The van der Waals surface area contributed by atoms with Gasteiger partial charge in [0.25, 0.3) is 0 Å². The zero-order valence-electron chi connectivity index (χ0n) is 10.6. The third-order valence-electron chi connectivity index (χ3n) is 1.96. The van der Waals surface area contributed by atoms with Crippen LogP contribution in [0.25, 0.3) is 0 Å². The van der Waals surface area contributed by atoms with Crippen molar-refractivity contribution in [1.82, 2.24) is 0 Å². The fourth-order valence-electron chi connectivity index (χ4n) is 1.21. The van der Waals surface area contributed by atoms with Crippen molar-refractivity contribution in [1.29, 1.82) is 0 Å². The Morgan fingerprint density at radius 2 is 1.43 bits per heavy atom. The number of halogens is 1. The molecule has 0 heterocycles. The van der Waals surface area contributed by atoms with E-state index in [2.05, 4.69) is 31.0 Å². The molecule has 0 radical (unpaired) electrons. The zero-order valence-corrected chi connectivity index (χ0v) is 14.2. The maximum atomic E-state index is 2.34. The first-order valence-electron chi connectivity index (χ1n) is 4.91. The van der Waals surface area contributed by atoms with Crippen LogP contribution in [0.15, 0.2) is 0 Å². The van der Waals surface area contributed by atoms with Crippen LogP contribution in [0.4, 0.5) is 0 Å². The van der Waals surface area contributed by atoms with Crippen molar-refractivity contribution in [3.8, 4) is 0 Å². The summed E-state index contributed by atoms with van der Waals surface area (Å²) in [5.74, 6) is 0. The maximum Gasteiger partial charge on any atom is 2.00 e. The molecule has 0 bridgehead atoms. The standard InChI is InChI=1S/C10H23Si.CH3.ClH.Mg/c1-4-5-6-7-8-9-10(2,3)11;;;/h4-9,11H2,1-3H3;1H3;1H;/q2*-1;;+2. The van der Waals surface area contributed by atoms with Gasteiger partial charge >= 0.3 is 23.1 Å². The van der Waals surface area contributed by atoms with Gasteiger partial charge in [-0.05, 0) is 0 Å². The molecule has 0 nitrogen and oxygen atoms in total. The summed E-state index contributed by atoms with van der Waals surface area (Å²) in [7, 11) is 2.13. The smallest absolute Gasteiger partial charge is 0.358 e. The van der Waals surface area contributed by atoms with Gasteiger partial charge in [-0.25, -0.2) is 0 Å². The largest absolute Gasteiger partial charge is 2.00 e. The first-order chi connectivity index (χ1) is 5.06. The molecule has 84 valence electrons. The van der Waals surface area contributed by atoms with Crippen LogP contribution in [0.5, 0.6) is 0 Å². The number of unbranched alkanes of at least 4 members (excludes halogenated alkanes) is 4. The second-order valence-electron chi connectivity index (χ2n) is 4.33. The summed E-state index contributed by atoms with van der Waals surface area (Å²) in [6.45, 7) is 6.95. The van der Waals surface area contributed by atoms with E-state index in [1.54, 1.807) is 0 Å². The minimum absolute atomic E-state index is 0. The normalized spacial score (nSPS) is 9.43. The minimum atomic E-state index is 0. The monoisotopic (exact) mass is 246 g/mol. The Kier molecular flexibility index (Phi) is 25.0. The molecule has 0 aliphatic rings. The Morgan fingerprint density at radius 1 is 1.00 bits per heavy atom. The average Bonchev–Trinajstić information content (AvgIpc) is 1.85. The summed E-state index contributed by atoms with van der Waals surface area (Å²) in [4.78, 5) is 0. The molecule has 0 aromatic carbocycles. The predicted octanol–water partition coefficient (Wildman–Crippen LogP) is 3.67. The Labute approximate surface area is 117 Å². The van der Waals surface area contributed by atoms with Gasteiger partial charge in [0.05, 0.1) is 0 Å². The molecule has 0 fully saturated rings. The maximum absolute atomic E-state index is 2.34.